The van der Waals surface area contributed by atoms with Crippen LogP contribution in [0.15, 0.2) is 55.1 Å². The molecule has 0 aliphatic rings. The molecular formula is C24H16ClF4N5O2S. The molecule has 0 aliphatic heterocycles. The highest BCUT2D eigenvalue weighted by molar-refractivity contribution is 7.13. The van der Waals surface area contributed by atoms with E-state index in [1.165, 1.54) is 30.6 Å². The topological polar surface area (TPSA) is 97.7 Å². The fourth-order valence-electron chi connectivity index (χ4n) is 3.34. The quantitative estimate of drug-likeness (QED) is 0.162. The van der Waals surface area contributed by atoms with Crippen LogP contribution >= 0.6 is 22.9 Å². The molecule has 0 saturated carbocycles. The molecule has 0 bridgehead atoms. The zero-order chi connectivity index (χ0) is 26.7. The second-order valence-corrected chi connectivity index (χ2v) is 9.34. The van der Waals surface area contributed by atoms with Gasteiger partial charge in [0, 0.05) is 24.2 Å². The predicted octanol–water partition coefficient (Wildman–Crippen LogP) is 6.44. The summed E-state index contributed by atoms with van der Waals surface area (Å²) in [6, 6.07) is 7.45. The standard InChI is InChI=1S/C24H16ClF4N5O2S/c1-12(7-19(35)18-9-17(32-11-33-18)14-3-2-6-30-21(14)26)23-31-10-20(37-23)22(36)34-13-4-5-16(25)15(8-13)24(27,28)29/h2-6,8-12H,7H2,1H3,(H,34,36). The van der Waals surface area contributed by atoms with E-state index in [2.05, 4.69) is 25.3 Å². The van der Waals surface area contributed by atoms with Crippen molar-refractivity contribution in [2.75, 3.05) is 5.32 Å². The Bertz CT molecular complexity index is 1480. The van der Waals surface area contributed by atoms with E-state index in [9.17, 15) is 27.2 Å². The van der Waals surface area contributed by atoms with Crippen LogP contribution in [0.3, 0.4) is 0 Å². The minimum atomic E-state index is -4.67. The number of nitrogens with zero attached hydrogens (tertiary/aromatic N) is 4. The first kappa shape index (κ1) is 26.3. The van der Waals surface area contributed by atoms with Gasteiger partial charge < -0.3 is 5.32 Å². The van der Waals surface area contributed by atoms with Gasteiger partial charge in [0.05, 0.1) is 33.0 Å². The van der Waals surface area contributed by atoms with Gasteiger partial charge in [-0.25, -0.2) is 19.9 Å². The summed E-state index contributed by atoms with van der Waals surface area (Å²) < 4.78 is 53.2. The number of amides is 1. The minimum absolute atomic E-state index is 0.00727. The number of nitrogens with one attached hydrogen (secondary N) is 1. The molecule has 0 radical (unpaired) electrons. The molecule has 4 rings (SSSR count). The van der Waals surface area contributed by atoms with Gasteiger partial charge in [-0.2, -0.15) is 17.6 Å². The summed E-state index contributed by atoms with van der Waals surface area (Å²) in [7, 11) is 0. The van der Waals surface area contributed by atoms with Gasteiger partial charge in [0.25, 0.3) is 5.91 Å². The highest BCUT2D eigenvalue weighted by Crippen LogP contribution is 2.36. The van der Waals surface area contributed by atoms with Gasteiger partial charge in [-0.15, -0.1) is 11.3 Å². The molecule has 0 fully saturated rings. The van der Waals surface area contributed by atoms with Crippen LogP contribution in [0.2, 0.25) is 5.02 Å². The summed E-state index contributed by atoms with van der Waals surface area (Å²) in [4.78, 5) is 41.3. The van der Waals surface area contributed by atoms with Crippen molar-refractivity contribution in [3.05, 3.63) is 87.2 Å². The number of Topliss-reactive ketones (excluding diaryl/α,β-unsaturated/α-hetero) is 1. The maximum absolute atomic E-state index is 14.0. The molecule has 3 heterocycles. The lowest BCUT2D eigenvalue weighted by atomic mass is 10.0. The predicted molar refractivity (Wildman–Crippen MR) is 129 cm³/mol. The van der Waals surface area contributed by atoms with Crippen molar-refractivity contribution in [1.29, 1.82) is 0 Å². The largest absolute Gasteiger partial charge is 0.417 e. The first-order chi connectivity index (χ1) is 17.5. The lowest BCUT2D eigenvalue weighted by molar-refractivity contribution is -0.137. The second kappa shape index (κ2) is 10.7. The highest BCUT2D eigenvalue weighted by atomic mass is 35.5. The zero-order valence-corrected chi connectivity index (χ0v) is 20.5. The van der Waals surface area contributed by atoms with Crippen LogP contribution in [-0.4, -0.2) is 31.6 Å². The van der Waals surface area contributed by atoms with Crippen molar-refractivity contribution < 1.29 is 27.2 Å². The Hall–Kier alpha value is -3.77. The van der Waals surface area contributed by atoms with Crippen LogP contribution in [0.5, 0.6) is 0 Å². The van der Waals surface area contributed by atoms with E-state index >= 15 is 0 Å². The van der Waals surface area contributed by atoms with Crippen molar-refractivity contribution in [1.82, 2.24) is 19.9 Å². The number of rotatable bonds is 7. The van der Waals surface area contributed by atoms with E-state index in [4.69, 9.17) is 11.6 Å². The highest BCUT2D eigenvalue weighted by Gasteiger charge is 2.33. The Balaban J connectivity index is 1.44. The third kappa shape index (κ3) is 6.15. The summed E-state index contributed by atoms with van der Waals surface area (Å²) in [6.45, 7) is 1.73. The lowest BCUT2D eigenvalue weighted by Crippen LogP contribution is -2.12. The molecule has 3 aromatic heterocycles. The van der Waals surface area contributed by atoms with Gasteiger partial charge >= 0.3 is 6.18 Å². The zero-order valence-electron chi connectivity index (χ0n) is 18.9. The number of alkyl halides is 3. The first-order valence-electron chi connectivity index (χ1n) is 10.6. The number of hydrogen-bond acceptors (Lipinski definition) is 7. The van der Waals surface area contributed by atoms with Crippen LogP contribution < -0.4 is 5.32 Å². The fraction of sp³-hybridized carbons (Fsp3) is 0.167. The van der Waals surface area contributed by atoms with Crippen LogP contribution in [0, 0.1) is 5.95 Å². The molecule has 1 atom stereocenters. The van der Waals surface area contributed by atoms with Gasteiger partial charge in [-0.1, -0.05) is 18.5 Å². The lowest BCUT2D eigenvalue weighted by Gasteiger charge is -2.11. The Kier molecular flexibility index (Phi) is 7.60. The van der Waals surface area contributed by atoms with E-state index < -0.39 is 34.5 Å². The SMILES string of the molecule is CC(CC(=O)c1cc(-c2cccnc2F)ncn1)c1ncc(C(=O)Nc2ccc(Cl)c(C(F)(F)F)c2)s1. The maximum atomic E-state index is 14.0. The van der Waals surface area contributed by atoms with Gasteiger partial charge in [-0.3, -0.25) is 9.59 Å². The van der Waals surface area contributed by atoms with Crippen molar-refractivity contribution >= 4 is 40.3 Å². The molecule has 0 aliphatic carbocycles. The third-order valence-electron chi connectivity index (χ3n) is 5.18. The van der Waals surface area contributed by atoms with Gasteiger partial charge in [0.15, 0.2) is 5.78 Å². The van der Waals surface area contributed by atoms with Crippen molar-refractivity contribution in [3.8, 4) is 11.3 Å². The first-order valence-corrected chi connectivity index (χ1v) is 11.8. The van der Waals surface area contributed by atoms with Crippen LogP contribution in [0.4, 0.5) is 23.2 Å². The number of ketones is 1. The monoisotopic (exact) mass is 549 g/mol. The average molecular weight is 550 g/mol. The van der Waals surface area contributed by atoms with Gasteiger partial charge in [0.2, 0.25) is 5.95 Å². The molecule has 1 unspecified atom stereocenters. The van der Waals surface area contributed by atoms with E-state index in [0.717, 1.165) is 29.8 Å². The van der Waals surface area contributed by atoms with Gasteiger partial charge in [0.1, 0.15) is 16.9 Å². The van der Waals surface area contributed by atoms with Crippen LogP contribution in [0.1, 0.15) is 50.0 Å². The number of benzene rings is 1. The molecule has 1 N–H and O–H groups in total. The summed E-state index contributed by atoms with van der Waals surface area (Å²) in [5.41, 5.74) is -0.725. The Morgan fingerprint density at radius 3 is 2.62 bits per heavy atom. The number of carbonyl (C=O) groups is 2. The minimum Gasteiger partial charge on any atom is -0.321 e. The number of thiazole rings is 1. The Morgan fingerprint density at radius 1 is 1.11 bits per heavy atom. The molecule has 1 aromatic carbocycles. The number of hydrogen-bond donors (Lipinski definition) is 1. The summed E-state index contributed by atoms with van der Waals surface area (Å²) in [5, 5.41) is 2.39. The van der Waals surface area contributed by atoms with E-state index in [0.29, 0.717) is 5.01 Å². The molecule has 7 nitrogen and oxygen atoms in total. The van der Waals surface area contributed by atoms with Crippen molar-refractivity contribution in [3.63, 3.8) is 0 Å². The van der Waals surface area contributed by atoms with E-state index in [1.807, 2.05) is 0 Å². The molecule has 13 heteroatoms. The molecule has 0 saturated heterocycles. The molecule has 0 spiro atoms. The molecule has 1 amide bonds. The number of pyridine rings is 1. The van der Waals surface area contributed by atoms with E-state index in [1.54, 1.807) is 13.0 Å². The number of carbonyl (C=O) groups excluding carboxylic acids is 2. The molecule has 4 aromatic rings. The summed E-state index contributed by atoms with van der Waals surface area (Å²) >= 11 is 6.62. The number of halogens is 5. The smallest absolute Gasteiger partial charge is 0.321 e. The van der Waals surface area contributed by atoms with Crippen molar-refractivity contribution in [2.45, 2.75) is 25.4 Å². The Labute approximate surface area is 216 Å². The van der Waals surface area contributed by atoms with Crippen LogP contribution in [0.25, 0.3) is 11.3 Å². The Morgan fingerprint density at radius 2 is 1.89 bits per heavy atom. The summed E-state index contributed by atoms with van der Waals surface area (Å²) in [5.74, 6) is -2.13. The second-order valence-electron chi connectivity index (χ2n) is 7.87. The van der Waals surface area contributed by atoms with E-state index in [-0.39, 0.29) is 39.7 Å². The van der Waals surface area contributed by atoms with Crippen molar-refractivity contribution in [2.24, 2.45) is 0 Å². The number of aromatic nitrogens is 4. The fourth-order valence-corrected chi connectivity index (χ4v) is 4.43. The molecular weight excluding hydrogens is 534 g/mol. The number of anilines is 1. The van der Waals surface area contributed by atoms with Crippen LogP contribution in [-0.2, 0) is 6.18 Å². The van der Waals surface area contributed by atoms with Gasteiger partial charge in [-0.05, 0) is 36.4 Å². The molecule has 37 heavy (non-hydrogen) atoms. The normalized spacial score (nSPS) is 12.3. The average Bonchev–Trinajstić information content (AvgIpc) is 3.36. The third-order valence-corrected chi connectivity index (χ3v) is 6.74. The maximum Gasteiger partial charge on any atom is 0.417 e. The summed E-state index contributed by atoms with van der Waals surface area (Å²) in [6.07, 6.45) is -0.941. The molecule has 190 valence electrons.